The van der Waals surface area contributed by atoms with Gasteiger partial charge >= 0.3 is 0 Å². The second-order valence-corrected chi connectivity index (χ2v) is 3.53. The van der Waals surface area contributed by atoms with E-state index in [-0.39, 0.29) is 6.61 Å². The van der Waals surface area contributed by atoms with E-state index in [9.17, 15) is 0 Å². The first-order valence-electron chi connectivity index (χ1n) is 5.71. The first kappa shape index (κ1) is 13.9. The van der Waals surface area contributed by atoms with Crippen LogP contribution in [0, 0.1) is 0 Å². The molecular weight excluding hydrogens is 180 g/mol. The Morgan fingerprint density at radius 3 is 1.71 bits per heavy atom. The van der Waals surface area contributed by atoms with Gasteiger partial charge in [0.2, 0.25) is 0 Å². The number of rotatable bonds is 11. The van der Waals surface area contributed by atoms with Crippen LogP contribution in [0.3, 0.4) is 0 Å². The molecule has 86 valence electrons. The van der Waals surface area contributed by atoms with E-state index in [1.807, 2.05) is 0 Å². The minimum absolute atomic E-state index is 0.126. The van der Waals surface area contributed by atoms with Gasteiger partial charge in [0, 0.05) is 13.2 Å². The van der Waals surface area contributed by atoms with E-state index in [4.69, 9.17) is 14.9 Å². The highest BCUT2D eigenvalue weighted by Gasteiger charge is 1.91. The fourth-order valence-corrected chi connectivity index (χ4v) is 1.37. The third kappa shape index (κ3) is 11.9. The lowest BCUT2D eigenvalue weighted by molar-refractivity contribution is 0.0895. The van der Waals surface area contributed by atoms with Crippen LogP contribution >= 0.6 is 0 Å². The number of aliphatic hydroxyl groups excluding tert-OH is 2. The van der Waals surface area contributed by atoms with Crippen LogP contribution in [0.4, 0.5) is 0 Å². The summed E-state index contributed by atoms with van der Waals surface area (Å²) in [4.78, 5) is 0. The number of aliphatic hydroxyl groups is 2. The quantitative estimate of drug-likeness (QED) is 0.504. The molecule has 3 nitrogen and oxygen atoms in total. The zero-order chi connectivity index (χ0) is 10.5. The molecule has 0 saturated carbocycles. The zero-order valence-corrected chi connectivity index (χ0v) is 9.08. The van der Waals surface area contributed by atoms with Gasteiger partial charge in [-0.15, -0.1) is 0 Å². The van der Waals surface area contributed by atoms with Gasteiger partial charge in [0.25, 0.3) is 0 Å². The van der Waals surface area contributed by atoms with Crippen molar-refractivity contribution in [3.8, 4) is 0 Å². The van der Waals surface area contributed by atoms with Crippen molar-refractivity contribution in [2.24, 2.45) is 0 Å². The van der Waals surface area contributed by atoms with Gasteiger partial charge in [0.1, 0.15) is 0 Å². The van der Waals surface area contributed by atoms with Crippen molar-refractivity contribution in [1.29, 1.82) is 0 Å². The molecule has 0 saturated heterocycles. The van der Waals surface area contributed by atoms with Crippen LogP contribution in [0.5, 0.6) is 0 Å². The fraction of sp³-hybridized carbons (Fsp3) is 1.00. The predicted octanol–water partition coefficient (Wildman–Crippen LogP) is 1.72. The maximum Gasteiger partial charge on any atom is 0.0697 e. The summed E-state index contributed by atoms with van der Waals surface area (Å²) >= 11 is 0. The van der Waals surface area contributed by atoms with Crippen LogP contribution in [-0.4, -0.2) is 36.6 Å². The lowest BCUT2D eigenvalue weighted by atomic mass is 10.1. The SMILES string of the molecule is OCCCCCCCCCOCCO. The van der Waals surface area contributed by atoms with E-state index >= 15 is 0 Å². The molecule has 0 spiro atoms. The van der Waals surface area contributed by atoms with E-state index in [0.29, 0.717) is 13.2 Å². The van der Waals surface area contributed by atoms with Crippen molar-refractivity contribution in [3.63, 3.8) is 0 Å². The van der Waals surface area contributed by atoms with E-state index in [1.165, 1.54) is 25.7 Å². The van der Waals surface area contributed by atoms with Gasteiger partial charge in [-0.2, -0.15) is 0 Å². The van der Waals surface area contributed by atoms with Gasteiger partial charge in [-0.05, 0) is 12.8 Å². The Morgan fingerprint density at radius 2 is 1.14 bits per heavy atom. The molecule has 0 aliphatic heterocycles. The Balaban J connectivity index is 2.78. The molecule has 0 bridgehead atoms. The number of hydrogen-bond acceptors (Lipinski definition) is 3. The lowest BCUT2D eigenvalue weighted by Gasteiger charge is -2.02. The molecule has 0 aliphatic carbocycles. The summed E-state index contributed by atoms with van der Waals surface area (Å²) in [7, 11) is 0. The largest absolute Gasteiger partial charge is 0.396 e. The molecule has 0 rings (SSSR count). The highest BCUT2D eigenvalue weighted by molar-refractivity contribution is 4.45. The molecule has 2 N–H and O–H groups in total. The van der Waals surface area contributed by atoms with Gasteiger partial charge < -0.3 is 14.9 Å². The average Bonchev–Trinajstić information content (AvgIpc) is 2.21. The number of ether oxygens (including phenoxy) is 1. The Bertz CT molecular complexity index is 84.5. The highest BCUT2D eigenvalue weighted by atomic mass is 16.5. The van der Waals surface area contributed by atoms with Crippen LogP contribution in [0.15, 0.2) is 0 Å². The van der Waals surface area contributed by atoms with E-state index in [0.717, 1.165) is 25.9 Å². The second-order valence-electron chi connectivity index (χ2n) is 3.53. The summed E-state index contributed by atoms with van der Waals surface area (Å²) in [5.74, 6) is 0. The highest BCUT2D eigenvalue weighted by Crippen LogP contribution is 2.06. The third-order valence-electron chi connectivity index (χ3n) is 2.18. The normalized spacial score (nSPS) is 10.7. The van der Waals surface area contributed by atoms with Crippen LogP contribution in [0.1, 0.15) is 44.9 Å². The predicted molar refractivity (Wildman–Crippen MR) is 57.3 cm³/mol. The molecule has 0 aliphatic rings. The Kier molecular flexibility index (Phi) is 12.8. The van der Waals surface area contributed by atoms with Crippen molar-refractivity contribution in [2.75, 3.05) is 26.4 Å². The topological polar surface area (TPSA) is 49.7 Å². The summed E-state index contributed by atoms with van der Waals surface area (Å²) in [5.41, 5.74) is 0. The van der Waals surface area contributed by atoms with Gasteiger partial charge in [-0.3, -0.25) is 0 Å². The second kappa shape index (κ2) is 12.9. The van der Waals surface area contributed by atoms with Crippen LogP contribution < -0.4 is 0 Å². The lowest BCUT2D eigenvalue weighted by Crippen LogP contribution is -2.00. The fourth-order valence-electron chi connectivity index (χ4n) is 1.37. The van der Waals surface area contributed by atoms with Crippen molar-refractivity contribution >= 4 is 0 Å². The van der Waals surface area contributed by atoms with Crippen molar-refractivity contribution in [1.82, 2.24) is 0 Å². The smallest absolute Gasteiger partial charge is 0.0697 e. The van der Waals surface area contributed by atoms with Gasteiger partial charge in [0.15, 0.2) is 0 Å². The summed E-state index contributed by atoms with van der Waals surface area (Å²) < 4.78 is 5.14. The summed E-state index contributed by atoms with van der Waals surface area (Å²) in [6, 6.07) is 0. The molecular formula is C11H24O3. The Morgan fingerprint density at radius 1 is 0.571 bits per heavy atom. The van der Waals surface area contributed by atoms with E-state index in [1.54, 1.807) is 0 Å². The van der Waals surface area contributed by atoms with Gasteiger partial charge in [-0.25, -0.2) is 0 Å². The first-order chi connectivity index (χ1) is 6.91. The molecule has 3 heteroatoms. The Hall–Kier alpha value is -0.120. The molecule has 0 radical (unpaired) electrons. The molecule has 0 aromatic carbocycles. The van der Waals surface area contributed by atoms with Gasteiger partial charge in [-0.1, -0.05) is 32.1 Å². The zero-order valence-electron chi connectivity index (χ0n) is 9.08. The molecule has 0 heterocycles. The van der Waals surface area contributed by atoms with Crippen LogP contribution in [-0.2, 0) is 4.74 Å². The summed E-state index contributed by atoms with van der Waals surface area (Å²) in [6.07, 6.45) is 8.16. The van der Waals surface area contributed by atoms with E-state index in [2.05, 4.69) is 0 Å². The van der Waals surface area contributed by atoms with Crippen LogP contribution in [0.25, 0.3) is 0 Å². The number of hydrogen-bond donors (Lipinski definition) is 2. The van der Waals surface area contributed by atoms with Crippen molar-refractivity contribution in [2.45, 2.75) is 44.9 Å². The molecule has 14 heavy (non-hydrogen) atoms. The number of unbranched alkanes of at least 4 members (excludes halogenated alkanes) is 6. The molecule has 0 atom stereocenters. The minimum Gasteiger partial charge on any atom is -0.396 e. The molecule has 0 amide bonds. The molecule has 0 fully saturated rings. The minimum atomic E-state index is 0.126. The molecule has 0 aromatic rings. The van der Waals surface area contributed by atoms with Crippen molar-refractivity contribution < 1.29 is 14.9 Å². The summed E-state index contributed by atoms with van der Waals surface area (Å²) in [6.45, 7) is 1.70. The maximum absolute atomic E-state index is 8.55. The molecule has 0 unspecified atom stereocenters. The molecule has 0 aromatic heterocycles. The standard InChI is InChI=1S/C11H24O3/c12-8-6-4-2-1-3-5-7-10-14-11-9-13/h12-13H,1-11H2. The first-order valence-corrected chi connectivity index (χ1v) is 5.71. The van der Waals surface area contributed by atoms with E-state index < -0.39 is 0 Å². The van der Waals surface area contributed by atoms with Crippen LogP contribution in [0.2, 0.25) is 0 Å². The van der Waals surface area contributed by atoms with Crippen molar-refractivity contribution in [3.05, 3.63) is 0 Å². The maximum atomic E-state index is 8.55. The third-order valence-corrected chi connectivity index (χ3v) is 2.18. The summed E-state index contributed by atoms with van der Waals surface area (Å²) in [5, 5.41) is 17.0. The van der Waals surface area contributed by atoms with Gasteiger partial charge in [0.05, 0.1) is 13.2 Å². The average molecular weight is 204 g/mol. The Labute approximate surface area is 87.1 Å². The monoisotopic (exact) mass is 204 g/mol.